The van der Waals surface area contributed by atoms with Crippen LogP contribution in [0.1, 0.15) is 22.4 Å². The van der Waals surface area contributed by atoms with Gasteiger partial charge in [-0.05, 0) is 31.0 Å². The quantitative estimate of drug-likeness (QED) is 0.418. The number of aromatic nitrogens is 2. The van der Waals surface area contributed by atoms with Gasteiger partial charge in [-0.2, -0.15) is 0 Å². The predicted octanol–water partition coefficient (Wildman–Crippen LogP) is 4.37. The molecule has 156 valence electrons. The van der Waals surface area contributed by atoms with Crippen molar-refractivity contribution in [3.05, 3.63) is 80.2 Å². The first-order chi connectivity index (χ1) is 14.4. The second kappa shape index (κ2) is 9.82. The van der Waals surface area contributed by atoms with Gasteiger partial charge in [-0.15, -0.1) is 0 Å². The number of carbonyl (C=O) groups excluding carboxylic acids is 1. The van der Waals surface area contributed by atoms with Crippen molar-refractivity contribution in [1.82, 2.24) is 9.97 Å². The van der Waals surface area contributed by atoms with Crippen LogP contribution in [-0.2, 0) is 11.2 Å². The van der Waals surface area contributed by atoms with Crippen molar-refractivity contribution in [3.63, 3.8) is 0 Å². The van der Waals surface area contributed by atoms with Crippen molar-refractivity contribution >= 4 is 35.0 Å². The van der Waals surface area contributed by atoms with Gasteiger partial charge in [-0.3, -0.25) is 9.59 Å². The lowest BCUT2D eigenvalue weighted by Gasteiger charge is -2.12. The lowest BCUT2D eigenvalue weighted by molar-refractivity contribution is -0.113. The summed E-state index contributed by atoms with van der Waals surface area (Å²) in [5.74, 6) is 0.330. The molecule has 0 aliphatic heterocycles. The van der Waals surface area contributed by atoms with E-state index in [1.54, 1.807) is 19.1 Å². The summed E-state index contributed by atoms with van der Waals surface area (Å²) in [6.45, 7) is 3.65. The SMILES string of the molecule is COc1cc(Cl)c(C)cc1NC(=O)CSc1nc(C)c(Cc2ccccc2)c(=O)[nH]1. The van der Waals surface area contributed by atoms with Gasteiger partial charge in [-0.1, -0.05) is 53.7 Å². The Bertz CT molecular complexity index is 1120. The zero-order valence-electron chi connectivity index (χ0n) is 16.9. The van der Waals surface area contributed by atoms with Crippen LogP contribution in [0, 0.1) is 13.8 Å². The van der Waals surface area contributed by atoms with Crippen molar-refractivity contribution < 1.29 is 9.53 Å². The first-order valence-corrected chi connectivity index (χ1v) is 10.6. The fourth-order valence-corrected chi connectivity index (χ4v) is 3.77. The van der Waals surface area contributed by atoms with Crippen LogP contribution in [-0.4, -0.2) is 28.7 Å². The van der Waals surface area contributed by atoms with Crippen LogP contribution in [0.15, 0.2) is 52.4 Å². The number of thioether (sulfide) groups is 1. The average molecular weight is 444 g/mol. The normalized spacial score (nSPS) is 10.7. The minimum Gasteiger partial charge on any atom is -0.495 e. The van der Waals surface area contributed by atoms with Gasteiger partial charge in [0.2, 0.25) is 5.91 Å². The average Bonchev–Trinajstić information content (AvgIpc) is 2.72. The van der Waals surface area contributed by atoms with Gasteiger partial charge in [-0.25, -0.2) is 4.98 Å². The Labute approximate surface area is 184 Å². The van der Waals surface area contributed by atoms with E-state index >= 15 is 0 Å². The molecule has 0 saturated carbocycles. The van der Waals surface area contributed by atoms with Gasteiger partial charge in [0.25, 0.3) is 5.56 Å². The van der Waals surface area contributed by atoms with E-state index in [1.165, 1.54) is 18.9 Å². The zero-order valence-corrected chi connectivity index (χ0v) is 18.5. The van der Waals surface area contributed by atoms with Crippen LogP contribution < -0.4 is 15.6 Å². The molecule has 3 rings (SSSR count). The van der Waals surface area contributed by atoms with Crippen molar-refractivity contribution in [3.8, 4) is 5.75 Å². The van der Waals surface area contributed by atoms with E-state index in [0.717, 1.165) is 11.1 Å². The molecule has 1 aromatic heterocycles. The van der Waals surface area contributed by atoms with Crippen LogP contribution in [0.25, 0.3) is 0 Å². The standard InChI is InChI=1S/C22H22ClN3O3S/c1-13-9-18(19(29-3)11-17(13)23)25-20(27)12-30-22-24-14(2)16(21(28)26-22)10-15-7-5-4-6-8-15/h4-9,11H,10,12H2,1-3H3,(H,25,27)(H,24,26,28). The Balaban J connectivity index is 1.67. The third-order valence-corrected chi connectivity index (χ3v) is 5.80. The molecular weight excluding hydrogens is 422 g/mol. The third kappa shape index (κ3) is 5.43. The number of carbonyl (C=O) groups is 1. The number of amides is 1. The Morgan fingerprint density at radius 1 is 1.23 bits per heavy atom. The molecule has 1 amide bonds. The van der Waals surface area contributed by atoms with E-state index in [2.05, 4.69) is 15.3 Å². The Morgan fingerprint density at radius 3 is 2.63 bits per heavy atom. The van der Waals surface area contributed by atoms with Crippen molar-refractivity contribution in [2.45, 2.75) is 25.4 Å². The topological polar surface area (TPSA) is 84.1 Å². The summed E-state index contributed by atoms with van der Waals surface area (Å²) in [5, 5.41) is 3.78. The van der Waals surface area contributed by atoms with E-state index in [4.69, 9.17) is 16.3 Å². The number of nitrogens with one attached hydrogen (secondary N) is 2. The molecule has 0 saturated heterocycles. The first kappa shape index (κ1) is 21.9. The van der Waals surface area contributed by atoms with E-state index < -0.39 is 0 Å². The van der Waals surface area contributed by atoms with Crippen LogP contribution in [0.3, 0.4) is 0 Å². The number of H-pyrrole nitrogens is 1. The van der Waals surface area contributed by atoms with Gasteiger partial charge < -0.3 is 15.0 Å². The molecule has 0 spiro atoms. The summed E-state index contributed by atoms with van der Waals surface area (Å²) in [5.41, 5.74) is 3.50. The highest BCUT2D eigenvalue weighted by atomic mass is 35.5. The fraction of sp³-hybridized carbons (Fsp3) is 0.227. The molecule has 0 bridgehead atoms. The van der Waals surface area contributed by atoms with Gasteiger partial charge in [0, 0.05) is 28.8 Å². The molecule has 2 aromatic carbocycles. The molecule has 3 aromatic rings. The molecule has 0 unspecified atom stereocenters. The van der Waals surface area contributed by atoms with Gasteiger partial charge in [0.15, 0.2) is 5.16 Å². The summed E-state index contributed by atoms with van der Waals surface area (Å²) in [6, 6.07) is 13.2. The Kier molecular flexibility index (Phi) is 7.18. The summed E-state index contributed by atoms with van der Waals surface area (Å²) >= 11 is 7.26. The van der Waals surface area contributed by atoms with Crippen LogP contribution >= 0.6 is 23.4 Å². The number of rotatable bonds is 7. The molecule has 1 heterocycles. The van der Waals surface area contributed by atoms with Crippen molar-refractivity contribution in [2.75, 3.05) is 18.2 Å². The van der Waals surface area contributed by atoms with Gasteiger partial charge in [0.1, 0.15) is 5.75 Å². The maximum absolute atomic E-state index is 12.5. The second-order valence-corrected chi connectivity index (χ2v) is 8.11. The van der Waals surface area contributed by atoms with E-state index in [1.807, 2.05) is 37.3 Å². The minimum atomic E-state index is -0.242. The number of nitrogens with zero attached hydrogens (tertiary/aromatic N) is 1. The number of aryl methyl sites for hydroxylation is 2. The molecule has 0 radical (unpaired) electrons. The fourth-order valence-electron chi connectivity index (χ4n) is 2.91. The summed E-state index contributed by atoms with van der Waals surface area (Å²) in [4.78, 5) is 32.1. The van der Waals surface area contributed by atoms with Crippen LogP contribution in [0.5, 0.6) is 5.75 Å². The molecular formula is C22H22ClN3O3S. The Hall–Kier alpha value is -2.77. The lowest BCUT2D eigenvalue weighted by atomic mass is 10.1. The van der Waals surface area contributed by atoms with E-state index in [-0.39, 0.29) is 17.2 Å². The molecule has 2 N–H and O–H groups in total. The maximum Gasteiger partial charge on any atom is 0.255 e. The Morgan fingerprint density at radius 2 is 1.97 bits per heavy atom. The number of benzene rings is 2. The highest BCUT2D eigenvalue weighted by Gasteiger charge is 2.13. The third-order valence-electron chi connectivity index (χ3n) is 4.52. The smallest absolute Gasteiger partial charge is 0.255 e. The highest BCUT2D eigenvalue weighted by Crippen LogP contribution is 2.31. The van der Waals surface area contributed by atoms with Gasteiger partial charge >= 0.3 is 0 Å². The van der Waals surface area contributed by atoms with E-state index in [9.17, 15) is 9.59 Å². The number of anilines is 1. The van der Waals surface area contributed by atoms with Gasteiger partial charge in [0.05, 0.1) is 18.6 Å². The summed E-state index contributed by atoms with van der Waals surface area (Å²) < 4.78 is 5.27. The summed E-state index contributed by atoms with van der Waals surface area (Å²) in [7, 11) is 1.51. The second-order valence-electron chi connectivity index (χ2n) is 6.74. The molecule has 0 fully saturated rings. The molecule has 0 aliphatic carbocycles. The molecule has 0 atom stereocenters. The largest absolute Gasteiger partial charge is 0.495 e. The maximum atomic E-state index is 12.5. The monoisotopic (exact) mass is 443 g/mol. The van der Waals surface area contributed by atoms with Crippen molar-refractivity contribution in [2.24, 2.45) is 0 Å². The number of methoxy groups -OCH3 is 1. The number of aromatic amines is 1. The lowest BCUT2D eigenvalue weighted by Crippen LogP contribution is -2.19. The predicted molar refractivity (Wildman–Crippen MR) is 121 cm³/mol. The van der Waals surface area contributed by atoms with E-state index in [0.29, 0.717) is 39.3 Å². The van der Waals surface area contributed by atoms with Crippen LogP contribution in [0.2, 0.25) is 5.02 Å². The first-order valence-electron chi connectivity index (χ1n) is 9.28. The number of halogens is 1. The number of hydrogen-bond acceptors (Lipinski definition) is 5. The molecule has 0 aliphatic rings. The molecule has 30 heavy (non-hydrogen) atoms. The van der Waals surface area contributed by atoms with Crippen molar-refractivity contribution in [1.29, 1.82) is 0 Å². The zero-order chi connectivity index (χ0) is 21.7. The molecule has 6 nitrogen and oxygen atoms in total. The summed E-state index contributed by atoms with van der Waals surface area (Å²) in [6.07, 6.45) is 0.510. The number of ether oxygens (including phenoxy) is 1. The highest BCUT2D eigenvalue weighted by molar-refractivity contribution is 7.99. The number of hydrogen-bond donors (Lipinski definition) is 2. The molecule has 8 heteroatoms. The van der Waals surface area contributed by atoms with Crippen LogP contribution in [0.4, 0.5) is 5.69 Å². The minimum absolute atomic E-state index is 0.0885.